The molecular formula is C12H26N2O3S. The minimum absolute atomic E-state index is 0.110. The summed E-state index contributed by atoms with van der Waals surface area (Å²) in [7, 11) is -3.20. The third-order valence-electron chi connectivity index (χ3n) is 3.10. The maximum Gasteiger partial charge on any atom is 0.224 e. The number of carbonyl (C=O) groups is 1. The van der Waals surface area contributed by atoms with Crippen molar-refractivity contribution in [1.82, 2.24) is 5.32 Å². The predicted molar refractivity (Wildman–Crippen MR) is 73.9 cm³/mol. The van der Waals surface area contributed by atoms with Crippen LogP contribution in [-0.2, 0) is 14.6 Å². The second-order valence-corrected chi connectivity index (χ2v) is 8.46. The molecule has 0 aliphatic rings. The van der Waals surface area contributed by atoms with Crippen LogP contribution in [0.3, 0.4) is 0 Å². The number of nitrogens with two attached hydrogens (primary N) is 1. The molecule has 0 aromatic carbocycles. The molecule has 1 unspecified atom stereocenters. The Morgan fingerprint density at radius 1 is 1.33 bits per heavy atom. The SMILES string of the molecule is CC(C)CC(CN)C(=O)NCC(C)(C)S(C)(=O)=O. The fourth-order valence-electron chi connectivity index (χ4n) is 1.45. The highest BCUT2D eigenvalue weighted by atomic mass is 32.2. The van der Waals surface area contributed by atoms with E-state index in [0.717, 1.165) is 0 Å². The summed E-state index contributed by atoms with van der Waals surface area (Å²) in [4.78, 5) is 11.9. The van der Waals surface area contributed by atoms with Gasteiger partial charge in [0.1, 0.15) is 0 Å². The molecule has 0 aromatic rings. The number of amides is 1. The van der Waals surface area contributed by atoms with Crippen molar-refractivity contribution in [1.29, 1.82) is 0 Å². The van der Waals surface area contributed by atoms with Gasteiger partial charge in [0, 0.05) is 19.3 Å². The molecule has 0 saturated heterocycles. The molecule has 0 heterocycles. The van der Waals surface area contributed by atoms with Crippen molar-refractivity contribution < 1.29 is 13.2 Å². The van der Waals surface area contributed by atoms with Crippen molar-refractivity contribution >= 4 is 15.7 Å². The molecule has 0 saturated carbocycles. The van der Waals surface area contributed by atoms with Crippen LogP contribution in [0.5, 0.6) is 0 Å². The Kier molecular flexibility index (Phi) is 6.29. The first-order valence-corrected chi connectivity index (χ1v) is 8.07. The summed E-state index contributed by atoms with van der Waals surface area (Å²) >= 11 is 0. The number of sulfone groups is 1. The van der Waals surface area contributed by atoms with E-state index in [0.29, 0.717) is 12.3 Å². The molecular weight excluding hydrogens is 252 g/mol. The lowest BCUT2D eigenvalue weighted by Crippen LogP contribution is -2.46. The van der Waals surface area contributed by atoms with Gasteiger partial charge in [0.2, 0.25) is 5.91 Å². The zero-order valence-corrected chi connectivity index (χ0v) is 12.8. The lowest BCUT2D eigenvalue weighted by Gasteiger charge is -2.24. The minimum Gasteiger partial charge on any atom is -0.354 e. The Hall–Kier alpha value is -0.620. The summed E-state index contributed by atoms with van der Waals surface area (Å²) in [6.45, 7) is 7.64. The monoisotopic (exact) mass is 278 g/mol. The van der Waals surface area contributed by atoms with Crippen molar-refractivity contribution in [3.63, 3.8) is 0 Å². The van der Waals surface area contributed by atoms with Gasteiger partial charge in [0.15, 0.2) is 9.84 Å². The van der Waals surface area contributed by atoms with Gasteiger partial charge in [-0.1, -0.05) is 13.8 Å². The van der Waals surface area contributed by atoms with Crippen molar-refractivity contribution in [2.45, 2.75) is 38.9 Å². The number of carbonyl (C=O) groups excluding carboxylic acids is 1. The van der Waals surface area contributed by atoms with E-state index in [1.807, 2.05) is 13.8 Å². The third-order valence-corrected chi connectivity index (χ3v) is 5.26. The van der Waals surface area contributed by atoms with Gasteiger partial charge in [0.05, 0.1) is 10.7 Å². The van der Waals surface area contributed by atoms with Gasteiger partial charge in [-0.3, -0.25) is 4.79 Å². The topological polar surface area (TPSA) is 89.3 Å². The van der Waals surface area contributed by atoms with E-state index in [2.05, 4.69) is 5.32 Å². The summed E-state index contributed by atoms with van der Waals surface area (Å²) in [5.41, 5.74) is 5.57. The van der Waals surface area contributed by atoms with E-state index in [1.165, 1.54) is 6.26 Å². The van der Waals surface area contributed by atoms with Gasteiger partial charge in [-0.05, 0) is 26.2 Å². The first-order chi connectivity index (χ1) is 8.01. The lowest BCUT2D eigenvalue weighted by molar-refractivity contribution is -0.125. The van der Waals surface area contributed by atoms with E-state index in [1.54, 1.807) is 13.8 Å². The second kappa shape index (κ2) is 6.52. The molecule has 0 radical (unpaired) electrons. The van der Waals surface area contributed by atoms with Crippen LogP contribution in [0.2, 0.25) is 0 Å². The molecule has 0 rings (SSSR count). The number of hydrogen-bond donors (Lipinski definition) is 2. The average molecular weight is 278 g/mol. The van der Waals surface area contributed by atoms with Crippen LogP contribution in [0.25, 0.3) is 0 Å². The van der Waals surface area contributed by atoms with Gasteiger partial charge in [-0.25, -0.2) is 8.42 Å². The zero-order chi connectivity index (χ0) is 14.6. The quantitative estimate of drug-likeness (QED) is 0.711. The summed E-state index contributed by atoms with van der Waals surface area (Å²) in [5.74, 6) is -0.0319. The minimum atomic E-state index is -3.20. The van der Waals surface area contributed by atoms with Crippen LogP contribution in [0.1, 0.15) is 34.1 Å². The molecule has 3 N–H and O–H groups in total. The summed E-state index contributed by atoms with van der Waals surface area (Å²) in [6.07, 6.45) is 1.88. The molecule has 0 spiro atoms. The van der Waals surface area contributed by atoms with E-state index >= 15 is 0 Å². The van der Waals surface area contributed by atoms with Gasteiger partial charge < -0.3 is 11.1 Å². The normalized spacial score (nSPS) is 14.6. The van der Waals surface area contributed by atoms with Gasteiger partial charge in [-0.2, -0.15) is 0 Å². The summed E-state index contributed by atoms with van der Waals surface area (Å²) in [5, 5.41) is 2.69. The molecule has 5 nitrogen and oxygen atoms in total. The van der Waals surface area contributed by atoms with Crippen molar-refractivity contribution in [2.24, 2.45) is 17.6 Å². The molecule has 18 heavy (non-hydrogen) atoms. The van der Waals surface area contributed by atoms with E-state index < -0.39 is 14.6 Å². The van der Waals surface area contributed by atoms with Crippen LogP contribution in [-0.4, -0.2) is 38.4 Å². The van der Waals surface area contributed by atoms with Crippen LogP contribution in [0, 0.1) is 11.8 Å². The molecule has 0 fully saturated rings. The third kappa shape index (κ3) is 5.35. The Bertz CT molecular complexity index is 375. The smallest absolute Gasteiger partial charge is 0.224 e. The van der Waals surface area contributed by atoms with E-state index in [9.17, 15) is 13.2 Å². The molecule has 108 valence electrons. The maximum absolute atomic E-state index is 11.9. The average Bonchev–Trinajstić information content (AvgIpc) is 2.20. The van der Waals surface area contributed by atoms with Crippen LogP contribution in [0.15, 0.2) is 0 Å². The zero-order valence-electron chi connectivity index (χ0n) is 12.0. The summed E-state index contributed by atoms with van der Waals surface area (Å²) < 4.78 is 22.1. The molecule has 0 aliphatic heterocycles. The molecule has 1 atom stereocenters. The number of nitrogens with one attached hydrogen (secondary N) is 1. The Morgan fingerprint density at radius 3 is 2.17 bits per heavy atom. The highest BCUT2D eigenvalue weighted by Crippen LogP contribution is 2.15. The largest absolute Gasteiger partial charge is 0.354 e. The fraction of sp³-hybridized carbons (Fsp3) is 0.917. The first-order valence-electron chi connectivity index (χ1n) is 6.18. The Labute approximate surface area is 110 Å². The first kappa shape index (κ1) is 17.4. The Morgan fingerprint density at radius 2 is 1.83 bits per heavy atom. The van der Waals surface area contributed by atoms with Gasteiger partial charge in [0.25, 0.3) is 0 Å². The summed E-state index contributed by atoms with van der Waals surface area (Å²) in [6, 6.07) is 0. The molecule has 6 heteroatoms. The highest BCUT2D eigenvalue weighted by Gasteiger charge is 2.31. The standard InChI is InChI=1S/C12H26N2O3S/c1-9(2)6-10(7-13)11(15)14-8-12(3,4)18(5,16)17/h9-10H,6-8,13H2,1-5H3,(H,14,15). The van der Waals surface area contributed by atoms with E-state index in [4.69, 9.17) is 5.73 Å². The predicted octanol–water partition coefficient (Wildman–Crippen LogP) is 0.547. The molecule has 1 amide bonds. The number of hydrogen-bond acceptors (Lipinski definition) is 4. The van der Waals surface area contributed by atoms with E-state index in [-0.39, 0.29) is 24.9 Å². The molecule has 0 aromatic heterocycles. The van der Waals surface area contributed by atoms with Gasteiger partial charge in [-0.15, -0.1) is 0 Å². The van der Waals surface area contributed by atoms with Crippen LogP contribution < -0.4 is 11.1 Å². The van der Waals surface area contributed by atoms with Crippen LogP contribution in [0.4, 0.5) is 0 Å². The molecule has 0 aliphatic carbocycles. The molecule has 0 bridgehead atoms. The van der Waals surface area contributed by atoms with Crippen molar-refractivity contribution in [3.05, 3.63) is 0 Å². The number of rotatable bonds is 7. The fourth-order valence-corrected chi connectivity index (χ4v) is 1.79. The van der Waals surface area contributed by atoms with Gasteiger partial charge >= 0.3 is 0 Å². The second-order valence-electron chi connectivity index (χ2n) is 5.81. The van der Waals surface area contributed by atoms with Crippen molar-refractivity contribution in [3.8, 4) is 0 Å². The maximum atomic E-state index is 11.9. The Balaban J connectivity index is 4.50. The van der Waals surface area contributed by atoms with Crippen LogP contribution >= 0.6 is 0 Å². The lowest BCUT2D eigenvalue weighted by atomic mass is 9.96. The van der Waals surface area contributed by atoms with Crippen molar-refractivity contribution in [2.75, 3.05) is 19.3 Å². The highest BCUT2D eigenvalue weighted by molar-refractivity contribution is 7.92.